The molecule has 21 heavy (non-hydrogen) atoms. The van der Waals surface area contributed by atoms with Crippen LogP contribution in [0.1, 0.15) is 31.9 Å². The molecule has 0 spiro atoms. The number of nitrogens with one attached hydrogen (secondary N) is 2. The van der Waals surface area contributed by atoms with Crippen molar-refractivity contribution >= 4 is 50.2 Å². The summed E-state index contributed by atoms with van der Waals surface area (Å²) in [5.41, 5.74) is 5.38. The Kier molecular flexibility index (Phi) is 3.37. The summed E-state index contributed by atoms with van der Waals surface area (Å²) < 4.78 is 0.825. The molecule has 1 unspecified atom stereocenters. The molecule has 0 aromatic heterocycles. The van der Waals surface area contributed by atoms with E-state index in [9.17, 15) is 9.59 Å². The number of carbonyl (C=O) groups is 2. The van der Waals surface area contributed by atoms with Crippen LogP contribution in [-0.4, -0.2) is 22.1 Å². The average molecular weight is 368 g/mol. The summed E-state index contributed by atoms with van der Waals surface area (Å²) in [4.78, 5) is 23.4. The third-order valence-corrected chi connectivity index (χ3v) is 5.31. The van der Waals surface area contributed by atoms with Crippen LogP contribution in [0.4, 0.5) is 10.5 Å². The number of rotatable bonds is 1. The SMILES string of the molecule is CC1SC(=O)NN=C1c1cc(Br)c2c(c1)C(C)(C)C(=O)N2. The number of nitrogens with zero attached hydrogens (tertiary/aromatic N) is 1. The van der Waals surface area contributed by atoms with E-state index < -0.39 is 5.41 Å². The van der Waals surface area contributed by atoms with Crippen LogP contribution in [0.5, 0.6) is 0 Å². The molecule has 0 fully saturated rings. The number of hydrogen-bond acceptors (Lipinski definition) is 4. The third kappa shape index (κ3) is 2.28. The van der Waals surface area contributed by atoms with E-state index in [0.29, 0.717) is 0 Å². The normalized spacial score (nSPS) is 23.2. The number of thioether (sulfide) groups is 1. The highest BCUT2D eigenvalue weighted by Gasteiger charge is 2.40. The van der Waals surface area contributed by atoms with Gasteiger partial charge >= 0.3 is 0 Å². The van der Waals surface area contributed by atoms with Gasteiger partial charge in [0.15, 0.2) is 0 Å². The summed E-state index contributed by atoms with van der Waals surface area (Å²) in [5, 5.41) is 6.89. The Morgan fingerprint density at radius 1 is 1.33 bits per heavy atom. The second kappa shape index (κ2) is 4.84. The molecule has 0 bridgehead atoms. The van der Waals surface area contributed by atoms with Crippen LogP contribution in [0, 0.1) is 0 Å². The van der Waals surface area contributed by atoms with Gasteiger partial charge in [0.25, 0.3) is 5.24 Å². The van der Waals surface area contributed by atoms with Crippen molar-refractivity contribution < 1.29 is 9.59 Å². The van der Waals surface area contributed by atoms with E-state index in [-0.39, 0.29) is 16.4 Å². The van der Waals surface area contributed by atoms with E-state index in [4.69, 9.17) is 0 Å². The van der Waals surface area contributed by atoms with Crippen LogP contribution in [0.25, 0.3) is 0 Å². The molecule has 1 aromatic carbocycles. The van der Waals surface area contributed by atoms with Gasteiger partial charge in [-0.1, -0.05) is 11.8 Å². The Bertz CT molecular complexity index is 700. The lowest BCUT2D eigenvalue weighted by atomic mass is 9.85. The van der Waals surface area contributed by atoms with Crippen molar-refractivity contribution in [1.29, 1.82) is 0 Å². The number of hydrogen-bond donors (Lipinski definition) is 2. The largest absolute Gasteiger partial charge is 0.324 e. The number of fused-ring (bicyclic) bond motifs is 1. The minimum absolute atomic E-state index is 0.0170. The smallest absolute Gasteiger partial charge is 0.299 e. The molecule has 2 aliphatic heterocycles. The van der Waals surface area contributed by atoms with E-state index in [1.807, 2.05) is 32.9 Å². The molecular formula is C14H14BrN3O2S. The van der Waals surface area contributed by atoms with Crippen molar-refractivity contribution in [2.75, 3.05) is 5.32 Å². The van der Waals surface area contributed by atoms with E-state index >= 15 is 0 Å². The van der Waals surface area contributed by atoms with Gasteiger partial charge in [-0.05, 0) is 54.4 Å². The zero-order chi connectivity index (χ0) is 15.4. The van der Waals surface area contributed by atoms with Crippen LogP contribution in [0.15, 0.2) is 21.7 Å². The Morgan fingerprint density at radius 2 is 2.05 bits per heavy atom. The van der Waals surface area contributed by atoms with Crippen molar-refractivity contribution in [3.8, 4) is 0 Å². The fourth-order valence-electron chi connectivity index (χ4n) is 2.51. The zero-order valence-electron chi connectivity index (χ0n) is 11.8. The van der Waals surface area contributed by atoms with E-state index in [0.717, 1.165) is 27.0 Å². The lowest BCUT2D eigenvalue weighted by Crippen LogP contribution is -2.30. The summed E-state index contributed by atoms with van der Waals surface area (Å²) in [6.07, 6.45) is 0. The molecule has 2 aliphatic rings. The van der Waals surface area contributed by atoms with Crippen molar-refractivity contribution in [3.63, 3.8) is 0 Å². The number of amides is 2. The molecule has 0 aliphatic carbocycles. The van der Waals surface area contributed by atoms with E-state index in [1.165, 1.54) is 11.8 Å². The molecule has 5 nitrogen and oxygen atoms in total. The highest BCUT2D eigenvalue weighted by molar-refractivity contribution is 9.10. The van der Waals surface area contributed by atoms with Crippen molar-refractivity contribution in [2.45, 2.75) is 31.4 Å². The summed E-state index contributed by atoms with van der Waals surface area (Å²) in [6, 6.07) is 3.90. The number of halogens is 1. The summed E-state index contributed by atoms with van der Waals surface area (Å²) in [6.45, 7) is 5.73. The molecule has 110 valence electrons. The summed E-state index contributed by atoms with van der Waals surface area (Å²) in [5.74, 6) is -0.0170. The summed E-state index contributed by atoms with van der Waals surface area (Å²) >= 11 is 4.72. The maximum absolute atomic E-state index is 12.1. The summed E-state index contributed by atoms with van der Waals surface area (Å²) in [7, 11) is 0. The number of hydrazone groups is 1. The first-order chi connectivity index (χ1) is 9.80. The Morgan fingerprint density at radius 3 is 2.71 bits per heavy atom. The van der Waals surface area contributed by atoms with E-state index in [2.05, 4.69) is 31.8 Å². The third-order valence-electron chi connectivity index (χ3n) is 3.80. The van der Waals surface area contributed by atoms with Gasteiger partial charge in [-0.3, -0.25) is 9.59 Å². The maximum Gasteiger partial charge on any atom is 0.299 e. The molecule has 2 amide bonds. The molecule has 0 saturated carbocycles. The van der Waals surface area contributed by atoms with Crippen LogP contribution in [0.3, 0.4) is 0 Å². The van der Waals surface area contributed by atoms with Gasteiger partial charge in [0, 0.05) is 10.0 Å². The lowest BCUT2D eigenvalue weighted by molar-refractivity contribution is -0.119. The second-order valence-corrected chi connectivity index (χ2v) is 7.78. The molecule has 7 heteroatoms. The quantitative estimate of drug-likeness (QED) is 0.800. The molecule has 0 saturated heterocycles. The van der Waals surface area contributed by atoms with Crippen LogP contribution < -0.4 is 10.7 Å². The standard InChI is InChI=1S/C14H14BrN3O2S/c1-6-10(17-18-13(20)21-6)7-4-8-11(9(15)5-7)16-12(19)14(8,2)3/h4-6H,1-3H3,(H,16,19)(H,18,20). The predicted molar refractivity (Wildman–Crippen MR) is 87.9 cm³/mol. The highest BCUT2D eigenvalue weighted by Crippen LogP contribution is 2.42. The van der Waals surface area contributed by atoms with Gasteiger partial charge < -0.3 is 5.32 Å². The van der Waals surface area contributed by atoms with Gasteiger partial charge in [-0.25, -0.2) is 5.43 Å². The average Bonchev–Trinajstić information content (AvgIpc) is 2.62. The number of anilines is 1. The number of carbonyl (C=O) groups excluding carboxylic acids is 2. The minimum Gasteiger partial charge on any atom is -0.324 e. The number of benzene rings is 1. The fraction of sp³-hybridized carbons (Fsp3) is 0.357. The van der Waals surface area contributed by atoms with E-state index in [1.54, 1.807) is 0 Å². The Hall–Kier alpha value is -1.34. The van der Waals surface area contributed by atoms with Crippen molar-refractivity contribution in [1.82, 2.24) is 5.43 Å². The molecule has 0 radical (unpaired) electrons. The maximum atomic E-state index is 12.1. The topological polar surface area (TPSA) is 70.6 Å². The van der Waals surface area contributed by atoms with Gasteiger partial charge in [0.05, 0.1) is 22.1 Å². The van der Waals surface area contributed by atoms with Gasteiger partial charge in [0.2, 0.25) is 5.91 Å². The lowest BCUT2D eigenvalue weighted by Gasteiger charge is -2.21. The minimum atomic E-state index is -0.581. The van der Waals surface area contributed by atoms with Gasteiger partial charge in [-0.2, -0.15) is 5.10 Å². The fourth-order valence-corrected chi connectivity index (χ4v) is 3.78. The van der Waals surface area contributed by atoms with Crippen molar-refractivity contribution in [3.05, 3.63) is 27.7 Å². The van der Waals surface area contributed by atoms with Crippen LogP contribution in [-0.2, 0) is 10.2 Å². The Labute approximate surface area is 135 Å². The van der Waals surface area contributed by atoms with Crippen LogP contribution in [0.2, 0.25) is 0 Å². The molecular weight excluding hydrogens is 354 g/mol. The van der Waals surface area contributed by atoms with Crippen LogP contribution >= 0.6 is 27.7 Å². The Balaban J connectivity index is 2.12. The first kappa shape index (κ1) is 14.6. The first-order valence-corrected chi connectivity index (χ1v) is 8.18. The monoisotopic (exact) mass is 367 g/mol. The molecule has 3 rings (SSSR count). The van der Waals surface area contributed by atoms with Crippen molar-refractivity contribution in [2.24, 2.45) is 5.10 Å². The van der Waals surface area contributed by atoms with Gasteiger partial charge in [0.1, 0.15) is 0 Å². The molecule has 1 atom stereocenters. The molecule has 2 heterocycles. The predicted octanol–water partition coefficient (Wildman–Crippen LogP) is 3.23. The molecule has 1 aromatic rings. The second-order valence-electron chi connectivity index (χ2n) is 5.62. The zero-order valence-corrected chi connectivity index (χ0v) is 14.2. The molecule has 2 N–H and O–H groups in total. The first-order valence-electron chi connectivity index (χ1n) is 6.50. The van der Waals surface area contributed by atoms with Gasteiger partial charge in [-0.15, -0.1) is 0 Å². The highest BCUT2D eigenvalue weighted by atomic mass is 79.9.